The highest BCUT2D eigenvalue weighted by atomic mass is 16.5. The fourth-order valence-corrected chi connectivity index (χ4v) is 2.43. The number of hydrogen-bond acceptors (Lipinski definition) is 2. The molecule has 17 heavy (non-hydrogen) atoms. The van der Waals surface area contributed by atoms with Crippen molar-refractivity contribution in [2.24, 2.45) is 0 Å². The number of ether oxygens (including phenoxy) is 1. The molecule has 2 heterocycles. The Hall–Kier alpha value is -1.48. The van der Waals surface area contributed by atoms with Crippen LogP contribution in [0.5, 0.6) is 0 Å². The summed E-state index contributed by atoms with van der Waals surface area (Å²) in [5.74, 6) is 0. The molecule has 2 aromatic rings. The van der Waals surface area contributed by atoms with E-state index in [4.69, 9.17) is 4.74 Å². The molecule has 0 spiro atoms. The Balaban J connectivity index is 1.64. The Bertz CT molecular complexity index is 506. The average molecular weight is 230 g/mol. The summed E-state index contributed by atoms with van der Waals surface area (Å²) in [6.45, 7) is 3.05. The van der Waals surface area contributed by atoms with E-state index in [1.807, 2.05) is 6.20 Å². The van der Waals surface area contributed by atoms with Gasteiger partial charge in [-0.3, -0.25) is 0 Å². The fourth-order valence-electron chi connectivity index (χ4n) is 2.43. The van der Waals surface area contributed by atoms with Gasteiger partial charge in [-0.05, 0) is 44.0 Å². The lowest BCUT2D eigenvalue weighted by atomic mass is 10.2. The van der Waals surface area contributed by atoms with E-state index >= 15 is 0 Å². The van der Waals surface area contributed by atoms with Gasteiger partial charge in [-0.15, -0.1) is 0 Å². The van der Waals surface area contributed by atoms with E-state index in [1.165, 1.54) is 29.4 Å². The van der Waals surface area contributed by atoms with Crippen LogP contribution in [0.1, 0.15) is 19.8 Å². The lowest BCUT2D eigenvalue weighted by molar-refractivity contribution is 0.0637. The van der Waals surface area contributed by atoms with Crippen LogP contribution in [0.4, 0.5) is 5.69 Å². The van der Waals surface area contributed by atoms with E-state index in [-0.39, 0.29) is 0 Å². The Labute approximate surface area is 101 Å². The third kappa shape index (κ3) is 2.29. The van der Waals surface area contributed by atoms with Crippen molar-refractivity contribution in [2.45, 2.75) is 32.0 Å². The first-order chi connectivity index (χ1) is 8.31. The van der Waals surface area contributed by atoms with E-state index in [1.54, 1.807) is 0 Å². The third-order valence-corrected chi connectivity index (χ3v) is 3.41. The highest BCUT2D eigenvalue weighted by molar-refractivity contribution is 5.82. The standard InChI is InChI=1S/C14H18N2O/c1-10-2-4-13(17-10)9-16-12-3-5-14-11(8-12)6-7-15-14/h3,5-8,10,13,15-16H,2,4,9H2,1H3. The van der Waals surface area contributed by atoms with Crippen LogP contribution in [-0.2, 0) is 4.74 Å². The van der Waals surface area contributed by atoms with Gasteiger partial charge in [0.1, 0.15) is 0 Å². The minimum atomic E-state index is 0.368. The average Bonchev–Trinajstić information content (AvgIpc) is 2.94. The summed E-state index contributed by atoms with van der Waals surface area (Å²) in [4.78, 5) is 3.20. The van der Waals surface area contributed by atoms with Crippen molar-refractivity contribution in [3.63, 3.8) is 0 Å². The summed E-state index contributed by atoms with van der Waals surface area (Å²) in [5.41, 5.74) is 2.35. The molecule has 3 nitrogen and oxygen atoms in total. The molecule has 2 atom stereocenters. The second kappa shape index (κ2) is 4.41. The van der Waals surface area contributed by atoms with Gasteiger partial charge in [0.2, 0.25) is 0 Å². The molecule has 2 N–H and O–H groups in total. The summed E-state index contributed by atoms with van der Waals surface area (Å²) in [6.07, 6.45) is 5.11. The van der Waals surface area contributed by atoms with Crippen molar-refractivity contribution >= 4 is 16.6 Å². The van der Waals surface area contributed by atoms with Gasteiger partial charge in [0, 0.05) is 29.3 Å². The van der Waals surface area contributed by atoms with Gasteiger partial charge in [0.25, 0.3) is 0 Å². The first kappa shape index (κ1) is 10.7. The van der Waals surface area contributed by atoms with E-state index in [9.17, 15) is 0 Å². The van der Waals surface area contributed by atoms with Crippen molar-refractivity contribution < 1.29 is 4.74 Å². The lowest BCUT2D eigenvalue weighted by Gasteiger charge is -2.13. The molecule has 1 fully saturated rings. The number of fused-ring (bicyclic) bond motifs is 1. The smallest absolute Gasteiger partial charge is 0.0751 e. The molecule has 0 amide bonds. The van der Waals surface area contributed by atoms with Gasteiger partial charge in [-0.2, -0.15) is 0 Å². The molecule has 3 heteroatoms. The zero-order chi connectivity index (χ0) is 11.7. The van der Waals surface area contributed by atoms with Gasteiger partial charge in [-0.25, -0.2) is 0 Å². The topological polar surface area (TPSA) is 37.0 Å². The number of H-pyrrole nitrogens is 1. The van der Waals surface area contributed by atoms with Crippen LogP contribution >= 0.6 is 0 Å². The van der Waals surface area contributed by atoms with E-state index < -0.39 is 0 Å². The number of hydrogen-bond donors (Lipinski definition) is 2. The molecule has 0 saturated carbocycles. The first-order valence-electron chi connectivity index (χ1n) is 6.28. The quantitative estimate of drug-likeness (QED) is 0.850. The van der Waals surface area contributed by atoms with Crippen LogP contribution < -0.4 is 5.32 Å². The van der Waals surface area contributed by atoms with Crippen molar-refractivity contribution in [1.29, 1.82) is 0 Å². The van der Waals surface area contributed by atoms with Crippen LogP contribution in [-0.4, -0.2) is 23.7 Å². The molecule has 0 aliphatic carbocycles. The maximum Gasteiger partial charge on any atom is 0.0751 e. The molecule has 1 aliphatic rings. The summed E-state index contributed by atoms with van der Waals surface area (Å²) < 4.78 is 5.79. The van der Waals surface area contributed by atoms with Crippen molar-refractivity contribution in [3.8, 4) is 0 Å². The highest BCUT2D eigenvalue weighted by Crippen LogP contribution is 2.21. The molecule has 90 valence electrons. The molecular weight excluding hydrogens is 212 g/mol. The first-order valence-corrected chi connectivity index (χ1v) is 6.28. The second-order valence-electron chi connectivity index (χ2n) is 4.81. The Morgan fingerprint density at radius 2 is 2.29 bits per heavy atom. The number of aromatic amines is 1. The normalized spacial score (nSPS) is 24.3. The zero-order valence-electron chi connectivity index (χ0n) is 10.1. The van der Waals surface area contributed by atoms with Crippen LogP contribution in [0.15, 0.2) is 30.5 Å². The minimum Gasteiger partial charge on any atom is -0.382 e. The molecule has 1 aromatic carbocycles. The summed E-state index contributed by atoms with van der Waals surface area (Å²) in [5, 5.41) is 4.70. The van der Waals surface area contributed by atoms with Crippen LogP contribution in [0, 0.1) is 0 Å². The Kier molecular flexibility index (Phi) is 2.77. The number of anilines is 1. The van der Waals surface area contributed by atoms with Gasteiger partial charge < -0.3 is 15.0 Å². The highest BCUT2D eigenvalue weighted by Gasteiger charge is 2.21. The molecule has 3 rings (SSSR count). The van der Waals surface area contributed by atoms with Crippen molar-refractivity contribution in [1.82, 2.24) is 4.98 Å². The molecular formula is C14H18N2O. The lowest BCUT2D eigenvalue weighted by Crippen LogP contribution is -2.19. The number of nitrogens with one attached hydrogen (secondary N) is 2. The molecule has 0 bridgehead atoms. The fraction of sp³-hybridized carbons (Fsp3) is 0.429. The van der Waals surface area contributed by atoms with Gasteiger partial charge >= 0.3 is 0 Å². The molecule has 0 radical (unpaired) electrons. The summed E-state index contributed by atoms with van der Waals surface area (Å²) in [7, 11) is 0. The van der Waals surface area contributed by atoms with Gasteiger partial charge in [-0.1, -0.05) is 0 Å². The number of rotatable bonds is 3. The zero-order valence-corrected chi connectivity index (χ0v) is 10.1. The van der Waals surface area contributed by atoms with Crippen molar-refractivity contribution in [2.75, 3.05) is 11.9 Å². The van der Waals surface area contributed by atoms with Crippen LogP contribution in [0.2, 0.25) is 0 Å². The van der Waals surface area contributed by atoms with E-state index in [0.29, 0.717) is 12.2 Å². The summed E-state index contributed by atoms with van der Waals surface area (Å²) >= 11 is 0. The molecule has 1 saturated heterocycles. The predicted octanol–water partition coefficient (Wildman–Crippen LogP) is 3.15. The largest absolute Gasteiger partial charge is 0.382 e. The maximum absolute atomic E-state index is 5.79. The van der Waals surface area contributed by atoms with Crippen LogP contribution in [0.25, 0.3) is 10.9 Å². The molecule has 1 aromatic heterocycles. The minimum absolute atomic E-state index is 0.368. The summed E-state index contributed by atoms with van der Waals surface area (Å²) in [6, 6.07) is 8.48. The van der Waals surface area contributed by atoms with Crippen LogP contribution in [0.3, 0.4) is 0 Å². The Morgan fingerprint density at radius 3 is 3.12 bits per heavy atom. The number of aromatic nitrogens is 1. The second-order valence-corrected chi connectivity index (χ2v) is 4.81. The van der Waals surface area contributed by atoms with Crippen molar-refractivity contribution in [3.05, 3.63) is 30.5 Å². The monoisotopic (exact) mass is 230 g/mol. The van der Waals surface area contributed by atoms with E-state index in [2.05, 4.69) is 41.5 Å². The predicted molar refractivity (Wildman–Crippen MR) is 70.4 cm³/mol. The van der Waals surface area contributed by atoms with Gasteiger partial charge in [0.05, 0.1) is 12.2 Å². The Morgan fingerprint density at radius 1 is 1.35 bits per heavy atom. The SMILES string of the molecule is CC1CCC(CNc2ccc3[nH]ccc3c2)O1. The maximum atomic E-state index is 5.79. The third-order valence-electron chi connectivity index (χ3n) is 3.41. The number of benzene rings is 1. The van der Waals surface area contributed by atoms with E-state index in [0.717, 1.165) is 6.54 Å². The molecule has 2 unspecified atom stereocenters. The molecule has 1 aliphatic heterocycles. The van der Waals surface area contributed by atoms with Gasteiger partial charge in [0.15, 0.2) is 0 Å².